The Morgan fingerprint density at radius 2 is 1.48 bits per heavy atom. The fourth-order valence-electron chi connectivity index (χ4n) is 9.19. The molecule has 10 nitrogen and oxygen atoms in total. The van der Waals surface area contributed by atoms with E-state index in [1.54, 1.807) is 19.1 Å². The molecule has 324 valence electrons. The lowest BCUT2D eigenvalue weighted by molar-refractivity contribution is -0.118. The van der Waals surface area contributed by atoms with Crippen LogP contribution < -0.4 is 28.9 Å². The number of ether oxygens (including phenoxy) is 3. The minimum atomic E-state index is -0.264. The summed E-state index contributed by atoms with van der Waals surface area (Å²) in [5, 5.41) is 0. The lowest BCUT2D eigenvalue weighted by atomic mass is 9.99. The molecule has 3 amide bonds. The highest BCUT2D eigenvalue weighted by Gasteiger charge is 2.38. The van der Waals surface area contributed by atoms with Gasteiger partial charge in [-0.2, -0.15) is 0 Å². The second-order valence-electron chi connectivity index (χ2n) is 17.6. The Kier molecular flexibility index (Phi) is 11.5. The molecule has 5 aromatic rings. The fraction of sp³-hybridized carbons (Fsp3) is 0.333. The predicted octanol–water partition coefficient (Wildman–Crippen LogP) is 9.20. The number of rotatable bonds is 12. The van der Waals surface area contributed by atoms with Crippen molar-refractivity contribution in [3.63, 3.8) is 0 Å². The monoisotopic (exact) mass is 880 g/mol. The van der Waals surface area contributed by atoms with Crippen LogP contribution in [0, 0.1) is 6.92 Å². The zero-order valence-electron chi connectivity index (χ0n) is 36.6. The number of fused-ring (bicyclic) bond motifs is 8. The predicted molar refractivity (Wildman–Crippen MR) is 255 cm³/mol. The standard InChI is InChI=1S/C51H52N4O6S2/c1-31-19-41-42(52-28-39-24-36-12-8-10-14-44(36)55(39)50(41)58)27-45(31)60-29-32-20-33(22-38(21-32)53(4)48(56)17-18-51(2,3)63(6)62)30-61-47-25-34-15-16-37-23-35-11-7-9-13-43(35)54(37)49(57)40(34)26-46(47)59-5/h7-14,19-22,25-28,37,39H,15-18,23-24,29-30H2,1-6H3/t37-,39+,63?/m1/s1. The zero-order chi connectivity index (χ0) is 44.2. The van der Waals surface area contributed by atoms with E-state index in [1.165, 1.54) is 5.56 Å². The summed E-state index contributed by atoms with van der Waals surface area (Å²) in [6.07, 6.45) is 8.07. The molecule has 4 aliphatic heterocycles. The van der Waals surface area contributed by atoms with Gasteiger partial charge in [-0.1, -0.05) is 61.4 Å². The summed E-state index contributed by atoms with van der Waals surface area (Å²) in [6, 6.07) is 29.5. The number of carbonyl (C=O) groups is 3. The first kappa shape index (κ1) is 42.5. The minimum Gasteiger partial charge on any atom is -0.493 e. The molecule has 3 atom stereocenters. The van der Waals surface area contributed by atoms with Gasteiger partial charge in [0, 0.05) is 65.6 Å². The Morgan fingerprint density at radius 1 is 0.825 bits per heavy atom. The summed E-state index contributed by atoms with van der Waals surface area (Å²) in [4.78, 5) is 52.1. The number of nitrogens with zero attached hydrogens (tertiary/aromatic N) is 4. The summed E-state index contributed by atoms with van der Waals surface area (Å²) < 4.78 is 18.7. The highest BCUT2D eigenvalue weighted by molar-refractivity contribution is 8.29. The number of para-hydroxylation sites is 2. The van der Waals surface area contributed by atoms with Crippen LogP contribution in [0.3, 0.4) is 0 Å². The molecule has 0 saturated carbocycles. The molecule has 63 heavy (non-hydrogen) atoms. The van der Waals surface area contributed by atoms with E-state index in [0.717, 1.165) is 64.9 Å². The summed E-state index contributed by atoms with van der Waals surface area (Å²) in [5.41, 5.74) is 10.1. The smallest absolute Gasteiger partial charge is 0.261 e. The molecule has 0 N–H and O–H groups in total. The van der Waals surface area contributed by atoms with Crippen molar-refractivity contribution in [1.82, 2.24) is 0 Å². The van der Waals surface area contributed by atoms with E-state index in [0.29, 0.717) is 52.6 Å². The SMILES string of the molecule is COc1cc2c(cc1OCc1cc(COc3cc4c(cc3C)C(=O)N3c5ccccc5C[C@H]3C=N4)cc(N(C)C(=O)CCC(C)(C)S(C)=S)c1)CC[C@@H]1Cc3ccccc3N1C2=O. The topological polar surface area (TPSA) is 101 Å². The van der Waals surface area contributed by atoms with Crippen LogP contribution in [-0.2, 0) is 57.9 Å². The van der Waals surface area contributed by atoms with Crippen LogP contribution in [0.15, 0.2) is 96.0 Å². The molecule has 0 aromatic heterocycles. The van der Waals surface area contributed by atoms with Gasteiger partial charge in [0.05, 0.1) is 24.4 Å². The average Bonchev–Trinajstić information content (AvgIpc) is 3.77. The van der Waals surface area contributed by atoms with Crippen molar-refractivity contribution in [3.05, 3.63) is 136 Å². The third-order valence-electron chi connectivity index (χ3n) is 13.1. The number of carbonyl (C=O) groups excluding carboxylic acids is 3. The first-order chi connectivity index (χ1) is 30.3. The van der Waals surface area contributed by atoms with Crippen molar-refractivity contribution in [2.24, 2.45) is 4.99 Å². The molecule has 12 heteroatoms. The molecular weight excluding hydrogens is 829 g/mol. The number of methoxy groups -OCH3 is 1. The second-order valence-corrected chi connectivity index (χ2v) is 21.1. The van der Waals surface area contributed by atoms with E-state index in [-0.39, 0.29) is 57.2 Å². The van der Waals surface area contributed by atoms with E-state index in [1.807, 2.05) is 108 Å². The highest BCUT2D eigenvalue weighted by atomic mass is 32.8. The summed E-state index contributed by atoms with van der Waals surface area (Å²) in [5.74, 6) is 1.52. The fourth-order valence-corrected chi connectivity index (χ4v) is 9.83. The summed E-state index contributed by atoms with van der Waals surface area (Å²) in [7, 11) is 3.12. The first-order valence-electron chi connectivity index (χ1n) is 21.5. The quantitative estimate of drug-likeness (QED) is 0.123. The molecule has 1 unspecified atom stereocenters. The molecule has 0 radical (unpaired) electrons. The van der Waals surface area contributed by atoms with Crippen LogP contribution in [0.25, 0.3) is 0 Å². The number of hydrogen-bond donors (Lipinski definition) is 0. The maximum atomic E-state index is 14.1. The van der Waals surface area contributed by atoms with Crippen molar-refractivity contribution >= 4 is 67.3 Å². The van der Waals surface area contributed by atoms with Crippen molar-refractivity contribution in [1.29, 1.82) is 0 Å². The lowest BCUT2D eigenvalue weighted by Crippen LogP contribution is -2.37. The molecule has 5 aromatic carbocycles. The van der Waals surface area contributed by atoms with E-state index >= 15 is 0 Å². The van der Waals surface area contributed by atoms with Gasteiger partial charge in [0.2, 0.25) is 5.91 Å². The van der Waals surface area contributed by atoms with E-state index in [9.17, 15) is 14.4 Å². The normalized spacial score (nSPS) is 17.7. The van der Waals surface area contributed by atoms with Gasteiger partial charge in [-0.15, -0.1) is 9.45 Å². The average molecular weight is 881 g/mol. The van der Waals surface area contributed by atoms with Crippen LogP contribution in [0.5, 0.6) is 17.2 Å². The van der Waals surface area contributed by atoms with Crippen molar-refractivity contribution in [3.8, 4) is 17.2 Å². The van der Waals surface area contributed by atoms with Gasteiger partial charge < -0.3 is 24.0 Å². The van der Waals surface area contributed by atoms with Gasteiger partial charge in [-0.25, -0.2) is 0 Å². The van der Waals surface area contributed by atoms with Gasteiger partial charge >= 0.3 is 0 Å². The van der Waals surface area contributed by atoms with Crippen molar-refractivity contribution in [2.45, 2.75) is 89.3 Å². The van der Waals surface area contributed by atoms with Crippen LogP contribution in [0.1, 0.15) is 87.2 Å². The van der Waals surface area contributed by atoms with Gasteiger partial charge in [-0.05, 0) is 121 Å². The van der Waals surface area contributed by atoms with Gasteiger partial charge in [-0.3, -0.25) is 24.3 Å². The third kappa shape index (κ3) is 8.15. The van der Waals surface area contributed by atoms with Gasteiger partial charge in [0.15, 0.2) is 11.5 Å². The zero-order valence-corrected chi connectivity index (χ0v) is 38.2. The van der Waals surface area contributed by atoms with Gasteiger partial charge in [0.25, 0.3) is 11.8 Å². The summed E-state index contributed by atoms with van der Waals surface area (Å²) >= 11 is 5.60. The number of anilines is 3. The molecule has 0 spiro atoms. The van der Waals surface area contributed by atoms with E-state index < -0.39 is 0 Å². The first-order valence-corrected chi connectivity index (χ1v) is 24.1. The Hall–Kier alpha value is -5.85. The molecular formula is C51H52N4O6S2. The molecule has 9 rings (SSSR count). The Morgan fingerprint density at radius 3 is 2.17 bits per heavy atom. The maximum Gasteiger partial charge on any atom is 0.261 e. The molecule has 0 aliphatic carbocycles. The Balaban J connectivity index is 0.977. The van der Waals surface area contributed by atoms with E-state index in [4.69, 9.17) is 30.4 Å². The molecule has 0 bridgehead atoms. The van der Waals surface area contributed by atoms with E-state index in [2.05, 4.69) is 26.0 Å². The van der Waals surface area contributed by atoms with Crippen LogP contribution in [0.2, 0.25) is 0 Å². The molecule has 4 aliphatic rings. The summed E-state index contributed by atoms with van der Waals surface area (Å²) in [6.45, 7) is 6.53. The molecule has 4 heterocycles. The lowest BCUT2D eigenvalue weighted by Gasteiger charge is -2.26. The van der Waals surface area contributed by atoms with Gasteiger partial charge in [0.1, 0.15) is 19.0 Å². The second kappa shape index (κ2) is 17.0. The van der Waals surface area contributed by atoms with Crippen molar-refractivity contribution in [2.75, 3.05) is 35.1 Å². The third-order valence-corrected chi connectivity index (χ3v) is 16.2. The number of hydrogen-bond acceptors (Lipinski definition) is 8. The van der Waals surface area contributed by atoms with Crippen LogP contribution in [0.4, 0.5) is 22.7 Å². The molecule has 0 saturated heterocycles. The number of benzene rings is 5. The number of aryl methyl sites for hydroxylation is 2. The van der Waals surface area contributed by atoms with Crippen LogP contribution >= 0.6 is 0 Å². The Bertz CT molecular complexity index is 2730. The van der Waals surface area contributed by atoms with Crippen LogP contribution in [-0.4, -0.2) is 61.2 Å². The number of amides is 3. The highest BCUT2D eigenvalue weighted by Crippen LogP contribution is 2.42. The largest absolute Gasteiger partial charge is 0.493 e. The van der Waals surface area contributed by atoms with Crippen molar-refractivity contribution < 1.29 is 28.6 Å². The number of aliphatic imine (C=N–C) groups is 1. The molecule has 0 fully saturated rings. The Labute approximate surface area is 376 Å². The minimum absolute atomic E-state index is 0.0130. The maximum absolute atomic E-state index is 14.1.